The lowest BCUT2D eigenvalue weighted by atomic mass is 9.84. The molecule has 3 unspecified atom stereocenters. The van der Waals surface area contributed by atoms with E-state index in [-0.39, 0.29) is 44.8 Å². The maximum absolute atomic E-state index is 14.0. The van der Waals surface area contributed by atoms with E-state index in [4.69, 9.17) is 4.74 Å². The Morgan fingerprint density at radius 2 is 1.87 bits per heavy atom. The fourth-order valence-electron chi connectivity index (χ4n) is 4.95. The minimum absolute atomic E-state index is 0.0677. The lowest BCUT2D eigenvalue weighted by molar-refractivity contribution is -0.145. The SMILES string of the molecule is C=CCNC(=O)C(=O)C(CCC)NC(=O)[C@@H]1[C@@H](C(C)C)CCN1C(=O)[C@@H](NC1OC1NP1C=C1)C(C)(C)C. The second-order valence-corrected chi connectivity index (χ2v) is 13.3. The molecule has 3 amide bonds. The highest BCUT2D eigenvalue weighted by Crippen LogP contribution is 2.50. The summed E-state index contributed by atoms with van der Waals surface area (Å²) >= 11 is 0. The Morgan fingerprint density at radius 3 is 2.42 bits per heavy atom. The van der Waals surface area contributed by atoms with Crippen LogP contribution in [0.25, 0.3) is 0 Å². The van der Waals surface area contributed by atoms with Crippen molar-refractivity contribution in [1.82, 2.24) is 25.9 Å². The minimum atomic E-state index is -0.955. The summed E-state index contributed by atoms with van der Waals surface area (Å²) in [6.45, 7) is 16.1. The molecule has 0 aliphatic carbocycles. The number of ether oxygens (including phenoxy) is 1. The first-order chi connectivity index (χ1) is 17.9. The van der Waals surface area contributed by atoms with Gasteiger partial charge in [-0.3, -0.25) is 29.6 Å². The van der Waals surface area contributed by atoms with Gasteiger partial charge < -0.3 is 20.3 Å². The number of nitrogens with zero attached hydrogens (tertiary/aromatic N) is 1. The molecule has 3 heterocycles. The largest absolute Gasteiger partial charge is 0.346 e. The summed E-state index contributed by atoms with van der Waals surface area (Å²) in [5.41, 5.74) is -0.433. The van der Waals surface area contributed by atoms with Crippen molar-refractivity contribution in [2.24, 2.45) is 17.3 Å². The monoisotopic (exact) mass is 549 g/mol. The third-order valence-electron chi connectivity index (χ3n) is 7.20. The smallest absolute Gasteiger partial charge is 0.289 e. The summed E-state index contributed by atoms with van der Waals surface area (Å²) in [4.78, 5) is 54.5. The van der Waals surface area contributed by atoms with Crippen LogP contribution < -0.4 is 21.0 Å². The zero-order valence-electron chi connectivity index (χ0n) is 23.5. The quantitative estimate of drug-likeness (QED) is 0.113. The van der Waals surface area contributed by atoms with Crippen LogP contribution >= 0.6 is 8.07 Å². The summed E-state index contributed by atoms with van der Waals surface area (Å²) in [5, 5.41) is 12.1. The number of ketones is 1. The fourth-order valence-corrected chi connectivity index (χ4v) is 5.88. The van der Waals surface area contributed by atoms with E-state index in [1.807, 2.05) is 41.5 Å². The molecule has 4 N–H and O–H groups in total. The van der Waals surface area contributed by atoms with Crippen molar-refractivity contribution in [2.75, 3.05) is 13.1 Å². The molecule has 2 fully saturated rings. The number of carbonyl (C=O) groups is 4. The van der Waals surface area contributed by atoms with Gasteiger partial charge in [-0.15, -0.1) is 6.58 Å². The maximum Gasteiger partial charge on any atom is 0.289 e. The van der Waals surface area contributed by atoms with Crippen molar-refractivity contribution in [3.8, 4) is 0 Å². The number of carbonyl (C=O) groups excluding carboxylic acids is 4. The molecular formula is C27H44N5O5P. The Morgan fingerprint density at radius 1 is 1.18 bits per heavy atom. The summed E-state index contributed by atoms with van der Waals surface area (Å²) in [6, 6.07) is -2.26. The second-order valence-electron chi connectivity index (χ2n) is 11.7. The van der Waals surface area contributed by atoms with E-state index in [9.17, 15) is 19.2 Å². The van der Waals surface area contributed by atoms with Gasteiger partial charge in [0, 0.05) is 21.2 Å². The standard InChI is InChI=1S/C27H44N5O5P/c1-8-10-18(20(33)23(35)28-12-9-2)29-22(34)19-17(16(3)4)11-13-32(19)26(36)21(27(5,6)7)30-24-25(37-24)31-38-14-15-38/h9,14-19,21,24-25,30-31H,2,8,10-13H2,1,3-7H3,(H,28,35)(H,29,34)/t17-,18?,19+,21-,24?,25?/m1/s1. The first kappa shape index (κ1) is 30.4. The molecule has 0 saturated carbocycles. The van der Waals surface area contributed by atoms with Gasteiger partial charge in [-0.25, -0.2) is 0 Å². The third kappa shape index (κ3) is 7.72. The molecule has 38 heavy (non-hydrogen) atoms. The van der Waals surface area contributed by atoms with Gasteiger partial charge in [0.1, 0.15) is 6.04 Å². The van der Waals surface area contributed by atoms with Gasteiger partial charge in [-0.05, 0) is 41.7 Å². The molecule has 6 atom stereocenters. The van der Waals surface area contributed by atoms with Crippen molar-refractivity contribution in [2.45, 2.75) is 91.4 Å². The van der Waals surface area contributed by atoms with E-state index >= 15 is 0 Å². The molecule has 0 spiro atoms. The molecule has 0 radical (unpaired) electrons. The highest BCUT2D eigenvalue weighted by atomic mass is 31.1. The van der Waals surface area contributed by atoms with Gasteiger partial charge in [0.05, 0.1) is 12.1 Å². The minimum Gasteiger partial charge on any atom is -0.346 e. The molecule has 3 rings (SSSR count). The van der Waals surface area contributed by atoms with Crippen molar-refractivity contribution in [1.29, 1.82) is 0 Å². The molecule has 2 saturated heterocycles. The van der Waals surface area contributed by atoms with Crippen LogP contribution in [0.2, 0.25) is 0 Å². The zero-order chi connectivity index (χ0) is 28.2. The van der Waals surface area contributed by atoms with Crippen LogP contribution in [0.5, 0.6) is 0 Å². The van der Waals surface area contributed by atoms with E-state index in [0.29, 0.717) is 25.8 Å². The Bertz CT molecular complexity index is 943. The van der Waals surface area contributed by atoms with E-state index in [2.05, 4.69) is 39.3 Å². The molecule has 0 aromatic rings. The van der Waals surface area contributed by atoms with Gasteiger partial charge in [0.25, 0.3) is 5.91 Å². The summed E-state index contributed by atoms with van der Waals surface area (Å²) < 4.78 is 5.72. The Kier molecular flexibility index (Phi) is 10.3. The molecule has 3 aliphatic rings. The van der Waals surface area contributed by atoms with E-state index in [1.165, 1.54) is 6.08 Å². The number of Topliss-reactive ketones (excluding diaryl/α,β-unsaturated/α-hetero) is 1. The highest BCUT2D eigenvalue weighted by molar-refractivity contribution is 7.69. The highest BCUT2D eigenvalue weighted by Gasteiger charge is 2.50. The van der Waals surface area contributed by atoms with Crippen LogP contribution in [0.4, 0.5) is 0 Å². The number of likely N-dealkylation sites (tertiary alicyclic amines) is 1. The number of epoxide rings is 1. The van der Waals surface area contributed by atoms with Crippen molar-refractivity contribution in [3.63, 3.8) is 0 Å². The summed E-state index contributed by atoms with van der Waals surface area (Å²) in [7, 11) is -0.360. The molecule has 0 aromatic carbocycles. The molecular weight excluding hydrogens is 505 g/mol. The maximum atomic E-state index is 14.0. The number of hydrogen-bond acceptors (Lipinski definition) is 7. The van der Waals surface area contributed by atoms with Crippen LogP contribution in [-0.2, 0) is 23.9 Å². The zero-order valence-corrected chi connectivity index (χ0v) is 24.3. The predicted molar refractivity (Wildman–Crippen MR) is 148 cm³/mol. The second kappa shape index (κ2) is 12.8. The van der Waals surface area contributed by atoms with Crippen LogP contribution in [-0.4, -0.2) is 72.1 Å². The third-order valence-corrected chi connectivity index (χ3v) is 8.35. The molecule has 10 nitrogen and oxygen atoms in total. The lowest BCUT2D eigenvalue weighted by Gasteiger charge is -2.37. The molecule has 11 heteroatoms. The van der Waals surface area contributed by atoms with Crippen LogP contribution in [0.15, 0.2) is 24.3 Å². The molecule has 3 aliphatic heterocycles. The van der Waals surface area contributed by atoms with Crippen LogP contribution in [0, 0.1) is 17.3 Å². The number of amides is 3. The topological polar surface area (TPSA) is 132 Å². The Hall–Kier alpha value is -2.13. The van der Waals surface area contributed by atoms with Crippen molar-refractivity contribution in [3.05, 3.63) is 24.3 Å². The first-order valence-electron chi connectivity index (χ1n) is 13.6. The molecule has 0 aromatic heterocycles. The first-order valence-corrected chi connectivity index (χ1v) is 15.0. The van der Waals surface area contributed by atoms with Gasteiger partial charge in [-0.1, -0.05) is 54.0 Å². The lowest BCUT2D eigenvalue weighted by Crippen LogP contribution is -2.60. The van der Waals surface area contributed by atoms with Gasteiger partial charge in [-0.2, -0.15) is 0 Å². The van der Waals surface area contributed by atoms with Gasteiger partial charge in [0.15, 0.2) is 12.5 Å². The van der Waals surface area contributed by atoms with Crippen LogP contribution in [0.1, 0.15) is 60.8 Å². The van der Waals surface area contributed by atoms with Crippen molar-refractivity contribution >= 4 is 31.6 Å². The molecule has 212 valence electrons. The normalized spacial score (nSPS) is 26.1. The number of rotatable bonds is 14. The van der Waals surface area contributed by atoms with E-state index < -0.39 is 41.1 Å². The average molecular weight is 550 g/mol. The average Bonchev–Trinajstić information content (AvgIpc) is 3.77. The van der Waals surface area contributed by atoms with Gasteiger partial charge in [0.2, 0.25) is 17.6 Å². The molecule has 0 bridgehead atoms. The van der Waals surface area contributed by atoms with E-state index in [0.717, 1.165) is 0 Å². The van der Waals surface area contributed by atoms with E-state index in [1.54, 1.807) is 4.90 Å². The van der Waals surface area contributed by atoms with Crippen LogP contribution in [0.3, 0.4) is 0 Å². The van der Waals surface area contributed by atoms with Crippen molar-refractivity contribution < 1.29 is 23.9 Å². The number of nitrogens with one attached hydrogen (secondary N) is 4. The summed E-state index contributed by atoms with van der Waals surface area (Å²) in [5.74, 6) is 2.28. The Balaban J connectivity index is 1.76. The summed E-state index contributed by atoms with van der Waals surface area (Å²) in [6.07, 6.45) is 2.70. The Labute approximate surface area is 227 Å². The fraction of sp³-hybridized carbons (Fsp3) is 0.704. The number of hydrogen-bond donors (Lipinski definition) is 4. The van der Waals surface area contributed by atoms with Gasteiger partial charge >= 0.3 is 0 Å². The predicted octanol–water partition coefficient (Wildman–Crippen LogP) is 2.17.